The number of aromatic nitrogens is 2. The van der Waals surface area contributed by atoms with Crippen LogP contribution < -0.4 is 15.2 Å². The van der Waals surface area contributed by atoms with Gasteiger partial charge in [-0.3, -0.25) is 5.10 Å². The Kier molecular flexibility index (Phi) is 8.69. The molecule has 10 nitrogen and oxygen atoms in total. The zero-order valence-corrected chi connectivity index (χ0v) is 19.3. The first-order valence-corrected chi connectivity index (χ1v) is 11.2. The van der Waals surface area contributed by atoms with Gasteiger partial charge < -0.3 is 40.4 Å². The number of aryl methyl sites for hydroxylation is 1. The summed E-state index contributed by atoms with van der Waals surface area (Å²) in [5.41, 5.74) is 9.26. The maximum atomic E-state index is 10.3. The van der Waals surface area contributed by atoms with Crippen molar-refractivity contribution in [2.45, 2.75) is 70.2 Å². The van der Waals surface area contributed by atoms with Crippen molar-refractivity contribution in [2.24, 2.45) is 5.73 Å². The molecule has 3 rings (SSSR count). The number of hydrogen-bond acceptors (Lipinski definition) is 9. The van der Waals surface area contributed by atoms with E-state index in [0.717, 1.165) is 34.6 Å². The number of nitrogens with two attached hydrogens (primary N) is 1. The molecule has 0 unspecified atom stereocenters. The summed E-state index contributed by atoms with van der Waals surface area (Å²) in [6.07, 6.45) is -5.57. The molecule has 1 fully saturated rings. The average molecular weight is 466 g/mol. The van der Waals surface area contributed by atoms with Crippen molar-refractivity contribution in [1.29, 1.82) is 0 Å². The summed E-state index contributed by atoms with van der Waals surface area (Å²) in [4.78, 5) is 0. The molecule has 0 radical (unpaired) electrons. The van der Waals surface area contributed by atoms with Gasteiger partial charge in [0.25, 0.3) is 0 Å². The second kappa shape index (κ2) is 11.3. The zero-order valence-electron chi connectivity index (χ0n) is 19.3. The van der Waals surface area contributed by atoms with Crippen molar-refractivity contribution in [3.05, 3.63) is 40.6 Å². The van der Waals surface area contributed by atoms with Crippen LogP contribution in [0.3, 0.4) is 0 Å². The molecule has 10 heteroatoms. The normalized spacial score (nSPS) is 25.4. The fourth-order valence-electron chi connectivity index (χ4n) is 3.80. The maximum Gasteiger partial charge on any atom is 0.238 e. The van der Waals surface area contributed by atoms with Crippen molar-refractivity contribution in [2.75, 3.05) is 19.8 Å². The van der Waals surface area contributed by atoms with Gasteiger partial charge in [-0.1, -0.05) is 19.9 Å². The van der Waals surface area contributed by atoms with Crippen LogP contribution in [-0.4, -0.2) is 81.1 Å². The van der Waals surface area contributed by atoms with Gasteiger partial charge in [0, 0.05) is 17.7 Å². The number of H-pyrrole nitrogens is 1. The Labute approximate surface area is 193 Å². The number of ether oxygens (including phenoxy) is 3. The zero-order chi connectivity index (χ0) is 24.1. The Morgan fingerprint density at radius 2 is 1.94 bits per heavy atom. The quantitative estimate of drug-likeness (QED) is 0.272. The Balaban J connectivity index is 1.82. The van der Waals surface area contributed by atoms with E-state index in [4.69, 9.17) is 19.9 Å². The summed E-state index contributed by atoms with van der Waals surface area (Å²) in [5.74, 6) is 1.13. The molecular formula is C23H35N3O7. The summed E-state index contributed by atoms with van der Waals surface area (Å²) in [7, 11) is 0. The standard InChI is InChI=1S/C23H35N3O7/c1-12(2)18-16(10-14-5-6-15(9-13(14)3)31-8-4-7-24)22(26-25-18)33-23-21(30)20(29)19(28)17(11-27)32-23/h5-6,9,12,17,19-21,23,27-30H,4,7-8,10-11,24H2,1-3H3,(H,25,26)/t17-,19-,20+,21-,23+/m1/s1. The monoisotopic (exact) mass is 465 g/mol. The van der Waals surface area contributed by atoms with Gasteiger partial charge in [0.05, 0.1) is 13.2 Å². The number of aromatic amines is 1. The number of nitrogens with one attached hydrogen (secondary N) is 1. The van der Waals surface area contributed by atoms with Crippen LogP contribution in [0, 0.1) is 6.92 Å². The second-order valence-electron chi connectivity index (χ2n) is 8.65. The lowest BCUT2D eigenvalue weighted by atomic mass is 9.96. The number of benzene rings is 1. The predicted octanol–water partition coefficient (Wildman–Crippen LogP) is 0.339. The third kappa shape index (κ3) is 5.84. The molecule has 0 bridgehead atoms. The number of aliphatic hydroxyl groups excluding tert-OH is 4. The van der Waals surface area contributed by atoms with Gasteiger partial charge in [-0.15, -0.1) is 5.10 Å². The van der Waals surface area contributed by atoms with Gasteiger partial charge >= 0.3 is 0 Å². The van der Waals surface area contributed by atoms with Crippen LogP contribution in [-0.2, 0) is 11.2 Å². The first kappa shape index (κ1) is 25.4. The molecule has 2 heterocycles. The summed E-state index contributed by atoms with van der Waals surface area (Å²) < 4.78 is 17.1. The molecule has 7 N–H and O–H groups in total. The molecule has 33 heavy (non-hydrogen) atoms. The highest BCUT2D eigenvalue weighted by molar-refractivity contribution is 5.42. The first-order chi connectivity index (χ1) is 15.8. The minimum Gasteiger partial charge on any atom is -0.494 e. The molecule has 0 spiro atoms. The maximum absolute atomic E-state index is 10.3. The molecular weight excluding hydrogens is 430 g/mol. The van der Waals surface area contributed by atoms with E-state index in [-0.39, 0.29) is 11.8 Å². The van der Waals surface area contributed by atoms with Crippen LogP contribution in [0.1, 0.15) is 48.6 Å². The smallest absolute Gasteiger partial charge is 0.238 e. The van der Waals surface area contributed by atoms with Gasteiger partial charge in [-0.25, -0.2) is 0 Å². The fraction of sp³-hybridized carbons (Fsp3) is 0.609. The minimum atomic E-state index is -1.53. The Bertz CT molecular complexity index is 902. The van der Waals surface area contributed by atoms with Gasteiger partial charge in [0.15, 0.2) is 0 Å². The summed E-state index contributed by atoms with van der Waals surface area (Å²) in [5, 5.41) is 47.1. The van der Waals surface area contributed by atoms with Crippen LogP contribution in [0.15, 0.2) is 18.2 Å². The van der Waals surface area contributed by atoms with E-state index in [1.54, 1.807) is 0 Å². The van der Waals surface area contributed by atoms with Crippen LogP contribution in [0.5, 0.6) is 11.6 Å². The molecule has 1 aromatic heterocycles. The van der Waals surface area contributed by atoms with E-state index >= 15 is 0 Å². The van der Waals surface area contributed by atoms with Crippen LogP contribution in [0.4, 0.5) is 0 Å². The van der Waals surface area contributed by atoms with E-state index in [9.17, 15) is 20.4 Å². The van der Waals surface area contributed by atoms with Crippen LogP contribution in [0.2, 0.25) is 0 Å². The highest BCUT2D eigenvalue weighted by Gasteiger charge is 2.45. The molecule has 1 saturated heterocycles. The largest absolute Gasteiger partial charge is 0.494 e. The van der Waals surface area contributed by atoms with Gasteiger partial charge in [-0.05, 0) is 49.1 Å². The van der Waals surface area contributed by atoms with E-state index in [0.29, 0.717) is 19.6 Å². The summed E-state index contributed by atoms with van der Waals surface area (Å²) >= 11 is 0. The fourth-order valence-corrected chi connectivity index (χ4v) is 3.80. The molecule has 1 aliphatic rings. The van der Waals surface area contributed by atoms with Gasteiger partial charge in [0.1, 0.15) is 30.2 Å². The highest BCUT2D eigenvalue weighted by Crippen LogP contribution is 2.32. The molecule has 2 aromatic rings. The van der Waals surface area contributed by atoms with Crippen LogP contribution in [0.25, 0.3) is 0 Å². The lowest BCUT2D eigenvalue weighted by Crippen LogP contribution is -2.60. The molecule has 5 atom stereocenters. The first-order valence-electron chi connectivity index (χ1n) is 11.2. The van der Waals surface area contributed by atoms with Crippen molar-refractivity contribution >= 4 is 0 Å². The summed E-state index contributed by atoms with van der Waals surface area (Å²) in [6, 6.07) is 5.87. The van der Waals surface area contributed by atoms with E-state index in [1.807, 2.05) is 39.0 Å². The SMILES string of the molecule is Cc1cc(OCCCN)ccc1Cc1c(O[C@@H]2O[C@H](CO)[C@@H](O)[C@H](O)[C@H]2O)n[nH]c1C(C)C. The third-order valence-electron chi connectivity index (χ3n) is 5.81. The lowest BCUT2D eigenvalue weighted by Gasteiger charge is -2.39. The number of nitrogens with zero attached hydrogens (tertiary/aromatic N) is 1. The number of hydrogen-bond donors (Lipinski definition) is 6. The summed E-state index contributed by atoms with van der Waals surface area (Å²) in [6.45, 7) is 6.65. The number of aliphatic hydroxyl groups is 4. The minimum absolute atomic E-state index is 0.124. The van der Waals surface area contributed by atoms with Crippen molar-refractivity contribution in [3.63, 3.8) is 0 Å². The Morgan fingerprint density at radius 3 is 2.58 bits per heavy atom. The van der Waals surface area contributed by atoms with Gasteiger partial charge in [0.2, 0.25) is 12.2 Å². The topological polar surface area (TPSA) is 163 Å². The van der Waals surface area contributed by atoms with Crippen molar-refractivity contribution in [1.82, 2.24) is 10.2 Å². The van der Waals surface area contributed by atoms with Crippen LogP contribution >= 0.6 is 0 Å². The van der Waals surface area contributed by atoms with Crippen molar-refractivity contribution < 1.29 is 34.6 Å². The van der Waals surface area contributed by atoms with E-state index < -0.39 is 37.3 Å². The second-order valence-corrected chi connectivity index (χ2v) is 8.65. The molecule has 0 saturated carbocycles. The van der Waals surface area contributed by atoms with Gasteiger partial charge in [-0.2, -0.15) is 0 Å². The molecule has 184 valence electrons. The molecule has 1 aromatic carbocycles. The lowest BCUT2D eigenvalue weighted by molar-refractivity contribution is -0.278. The van der Waals surface area contributed by atoms with Crippen molar-refractivity contribution in [3.8, 4) is 11.6 Å². The van der Waals surface area contributed by atoms with E-state index in [2.05, 4.69) is 10.2 Å². The Morgan fingerprint density at radius 1 is 1.18 bits per heavy atom. The number of rotatable bonds is 10. The average Bonchev–Trinajstić information content (AvgIpc) is 3.18. The predicted molar refractivity (Wildman–Crippen MR) is 120 cm³/mol. The Hall–Kier alpha value is -2.21. The molecule has 0 amide bonds. The van der Waals surface area contributed by atoms with E-state index in [1.165, 1.54) is 0 Å². The molecule has 1 aliphatic heterocycles. The highest BCUT2D eigenvalue weighted by atomic mass is 16.7. The third-order valence-corrected chi connectivity index (χ3v) is 5.81. The molecule has 0 aliphatic carbocycles.